The molecule has 0 atom stereocenters. The lowest BCUT2D eigenvalue weighted by Gasteiger charge is -2.13. The van der Waals surface area contributed by atoms with Crippen molar-refractivity contribution in [1.29, 1.82) is 0 Å². The number of carbonyl (C=O) groups is 1. The molecular weight excluding hydrogens is 274 g/mol. The summed E-state index contributed by atoms with van der Waals surface area (Å²) in [5, 5.41) is 22.7. The van der Waals surface area contributed by atoms with Crippen LogP contribution in [0.15, 0.2) is 23.9 Å². The lowest BCUT2D eigenvalue weighted by molar-refractivity contribution is -0.385. The SMILES string of the molecule is O=C(O)c1cc(NCCC2=CCCCC2)ncc1[N+](=O)[O-]. The number of aromatic nitrogens is 1. The summed E-state index contributed by atoms with van der Waals surface area (Å²) in [4.78, 5) is 24.9. The fraction of sp³-hybridized carbons (Fsp3) is 0.429. The lowest BCUT2D eigenvalue weighted by atomic mass is 9.97. The van der Waals surface area contributed by atoms with Crippen molar-refractivity contribution in [3.8, 4) is 0 Å². The average molecular weight is 291 g/mol. The van der Waals surface area contributed by atoms with Crippen LogP contribution in [0.2, 0.25) is 0 Å². The number of allylic oxidation sites excluding steroid dienone is 1. The minimum absolute atomic E-state index is 0.342. The van der Waals surface area contributed by atoms with Gasteiger partial charge in [-0.2, -0.15) is 0 Å². The molecule has 7 nitrogen and oxygen atoms in total. The Morgan fingerprint density at radius 3 is 2.90 bits per heavy atom. The van der Waals surface area contributed by atoms with E-state index in [4.69, 9.17) is 5.11 Å². The Balaban J connectivity index is 2.00. The molecule has 0 bridgehead atoms. The van der Waals surface area contributed by atoms with Crippen LogP contribution in [0.5, 0.6) is 0 Å². The zero-order chi connectivity index (χ0) is 15.2. The number of nitrogens with one attached hydrogen (secondary N) is 1. The summed E-state index contributed by atoms with van der Waals surface area (Å²) >= 11 is 0. The first kappa shape index (κ1) is 15.0. The van der Waals surface area contributed by atoms with Crippen LogP contribution in [0.4, 0.5) is 11.5 Å². The monoisotopic (exact) mass is 291 g/mol. The van der Waals surface area contributed by atoms with E-state index in [2.05, 4.69) is 16.4 Å². The summed E-state index contributed by atoms with van der Waals surface area (Å²) in [5.74, 6) is -0.989. The Kier molecular flexibility index (Phi) is 4.86. The maximum atomic E-state index is 11.0. The molecule has 112 valence electrons. The second-order valence-corrected chi connectivity index (χ2v) is 4.93. The molecule has 1 aromatic heterocycles. The number of carboxylic acids is 1. The van der Waals surface area contributed by atoms with Gasteiger partial charge in [0.05, 0.1) is 4.92 Å². The first-order valence-corrected chi connectivity index (χ1v) is 6.87. The van der Waals surface area contributed by atoms with E-state index in [1.165, 1.54) is 24.5 Å². The normalized spacial score (nSPS) is 14.4. The van der Waals surface area contributed by atoms with Gasteiger partial charge >= 0.3 is 11.7 Å². The van der Waals surface area contributed by atoms with E-state index in [9.17, 15) is 14.9 Å². The first-order chi connectivity index (χ1) is 10.1. The molecule has 1 aliphatic carbocycles. The van der Waals surface area contributed by atoms with Crippen LogP contribution in [0.25, 0.3) is 0 Å². The van der Waals surface area contributed by atoms with Crippen LogP contribution in [-0.4, -0.2) is 27.5 Å². The standard InChI is InChI=1S/C14H17N3O4/c18-14(19)11-8-13(16-9-12(11)17(20)21)15-7-6-10-4-2-1-3-5-10/h4,8-9H,1-3,5-7H2,(H,15,16)(H,18,19). The molecule has 0 saturated heterocycles. The van der Waals surface area contributed by atoms with Gasteiger partial charge in [-0.25, -0.2) is 9.78 Å². The fourth-order valence-corrected chi connectivity index (χ4v) is 2.34. The van der Waals surface area contributed by atoms with Gasteiger partial charge in [-0.1, -0.05) is 11.6 Å². The molecule has 21 heavy (non-hydrogen) atoms. The first-order valence-electron chi connectivity index (χ1n) is 6.87. The van der Waals surface area contributed by atoms with Gasteiger partial charge in [0.2, 0.25) is 0 Å². The number of aromatic carboxylic acids is 1. The summed E-state index contributed by atoms with van der Waals surface area (Å²) in [6, 6.07) is 1.20. The average Bonchev–Trinajstić information content (AvgIpc) is 2.48. The summed E-state index contributed by atoms with van der Waals surface area (Å²) in [5.41, 5.74) is 0.548. The Morgan fingerprint density at radius 1 is 1.48 bits per heavy atom. The molecule has 7 heteroatoms. The van der Waals surface area contributed by atoms with Crippen molar-refractivity contribution in [3.05, 3.63) is 39.6 Å². The van der Waals surface area contributed by atoms with Gasteiger partial charge in [0.15, 0.2) is 0 Å². The molecule has 0 aliphatic heterocycles. The predicted molar refractivity (Wildman–Crippen MR) is 77.5 cm³/mol. The van der Waals surface area contributed by atoms with Gasteiger partial charge in [-0.05, 0) is 32.1 Å². The van der Waals surface area contributed by atoms with Crippen LogP contribution in [0.1, 0.15) is 42.5 Å². The maximum Gasteiger partial charge on any atom is 0.342 e. The molecular formula is C14H17N3O4. The molecule has 0 radical (unpaired) electrons. The number of hydrogen-bond acceptors (Lipinski definition) is 5. The van der Waals surface area contributed by atoms with Crippen molar-refractivity contribution in [2.24, 2.45) is 0 Å². The van der Waals surface area contributed by atoms with Crippen molar-refractivity contribution in [2.75, 3.05) is 11.9 Å². The smallest absolute Gasteiger partial charge is 0.342 e. The van der Waals surface area contributed by atoms with Crippen LogP contribution in [-0.2, 0) is 0 Å². The van der Waals surface area contributed by atoms with Crippen LogP contribution in [0.3, 0.4) is 0 Å². The second-order valence-electron chi connectivity index (χ2n) is 4.93. The van der Waals surface area contributed by atoms with Gasteiger partial charge in [0.25, 0.3) is 0 Å². The number of nitro groups is 1. The van der Waals surface area contributed by atoms with Gasteiger partial charge in [-0.15, -0.1) is 0 Å². The Bertz CT molecular complexity index is 584. The van der Waals surface area contributed by atoms with Crippen molar-refractivity contribution in [3.63, 3.8) is 0 Å². The quantitative estimate of drug-likeness (QED) is 0.474. The Hall–Kier alpha value is -2.44. The molecule has 0 unspecified atom stereocenters. The largest absolute Gasteiger partial charge is 0.477 e. The molecule has 0 amide bonds. The van der Waals surface area contributed by atoms with Crippen LogP contribution >= 0.6 is 0 Å². The molecule has 0 saturated carbocycles. The number of nitrogens with zero attached hydrogens (tertiary/aromatic N) is 2. The molecule has 2 rings (SSSR count). The molecule has 0 fully saturated rings. The zero-order valence-corrected chi connectivity index (χ0v) is 11.5. The van der Waals surface area contributed by atoms with E-state index in [0.29, 0.717) is 12.4 Å². The maximum absolute atomic E-state index is 11.0. The van der Waals surface area contributed by atoms with Gasteiger partial charge in [0.1, 0.15) is 17.6 Å². The van der Waals surface area contributed by atoms with Crippen molar-refractivity contribution in [1.82, 2.24) is 4.98 Å². The lowest BCUT2D eigenvalue weighted by Crippen LogP contribution is -2.09. The number of hydrogen-bond donors (Lipinski definition) is 2. The second kappa shape index (κ2) is 6.83. The number of rotatable bonds is 6. The third kappa shape index (κ3) is 4.01. The molecule has 2 N–H and O–H groups in total. The Labute approximate surface area is 121 Å². The van der Waals surface area contributed by atoms with E-state index in [0.717, 1.165) is 25.5 Å². The summed E-state index contributed by atoms with van der Waals surface area (Å²) in [7, 11) is 0. The van der Waals surface area contributed by atoms with E-state index in [1.807, 2.05) is 0 Å². The fourth-order valence-electron chi connectivity index (χ4n) is 2.34. The molecule has 1 aromatic rings. The highest BCUT2D eigenvalue weighted by Gasteiger charge is 2.20. The highest BCUT2D eigenvalue weighted by atomic mass is 16.6. The number of anilines is 1. The summed E-state index contributed by atoms with van der Waals surface area (Å²) < 4.78 is 0. The number of carboxylic acid groups (broad SMARTS) is 1. The van der Waals surface area contributed by atoms with E-state index < -0.39 is 16.6 Å². The van der Waals surface area contributed by atoms with Gasteiger partial charge < -0.3 is 10.4 Å². The highest BCUT2D eigenvalue weighted by molar-refractivity contribution is 5.93. The summed E-state index contributed by atoms with van der Waals surface area (Å²) in [6.45, 7) is 0.635. The minimum atomic E-state index is -1.33. The van der Waals surface area contributed by atoms with E-state index >= 15 is 0 Å². The summed E-state index contributed by atoms with van der Waals surface area (Å²) in [6.07, 6.45) is 8.78. The molecule has 0 spiro atoms. The van der Waals surface area contributed by atoms with Crippen LogP contribution < -0.4 is 5.32 Å². The van der Waals surface area contributed by atoms with E-state index in [1.54, 1.807) is 0 Å². The number of pyridine rings is 1. The zero-order valence-electron chi connectivity index (χ0n) is 11.5. The topological polar surface area (TPSA) is 105 Å². The van der Waals surface area contributed by atoms with E-state index in [-0.39, 0.29) is 5.56 Å². The third-order valence-corrected chi connectivity index (χ3v) is 3.45. The van der Waals surface area contributed by atoms with Gasteiger partial charge in [0, 0.05) is 12.6 Å². The van der Waals surface area contributed by atoms with Crippen LogP contribution in [0, 0.1) is 10.1 Å². The molecule has 1 heterocycles. The Morgan fingerprint density at radius 2 is 2.29 bits per heavy atom. The van der Waals surface area contributed by atoms with Crippen molar-refractivity contribution < 1.29 is 14.8 Å². The third-order valence-electron chi connectivity index (χ3n) is 3.45. The highest BCUT2D eigenvalue weighted by Crippen LogP contribution is 2.22. The predicted octanol–water partition coefficient (Wildman–Crippen LogP) is 2.99. The molecule has 1 aliphatic rings. The molecule has 0 aromatic carbocycles. The minimum Gasteiger partial charge on any atom is -0.477 e. The van der Waals surface area contributed by atoms with Crippen molar-refractivity contribution >= 4 is 17.5 Å². The van der Waals surface area contributed by atoms with Gasteiger partial charge in [-0.3, -0.25) is 10.1 Å². The van der Waals surface area contributed by atoms with Crippen molar-refractivity contribution in [2.45, 2.75) is 32.1 Å².